The van der Waals surface area contributed by atoms with Crippen LogP contribution in [0.4, 0.5) is 0 Å². The average Bonchev–Trinajstić information content (AvgIpc) is 2.67. The molecule has 0 aliphatic heterocycles. The second-order valence-corrected chi connectivity index (χ2v) is 14.8. The highest BCUT2D eigenvalue weighted by Crippen LogP contribution is 2.31. The van der Waals surface area contributed by atoms with Gasteiger partial charge in [-0.1, -0.05) is 13.1 Å². The van der Waals surface area contributed by atoms with Crippen molar-refractivity contribution in [3.05, 3.63) is 12.3 Å². The van der Waals surface area contributed by atoms with E-state index in [0.29, 0.717) is 19.8 Å². The van der Waals surface area contributed by atoms with Crippen LogP contribution < -0.4 is 11.5 Å². The second kappa shape index (κ2) is 20.6. The molecule has 1 unspecified atom stereocenters. The number of ether oxygens (including phenoxy) is 2. The van der Waals surface area contributed by atoms with E-state index in [1.807, 2.05) is 13.8 Å². The first kappa shape index (κ1) is 31.9. The Kier molecular flexibility index (Phi) is 21.9. The Hall–Kier alpha value is -0.266. The molecule has 0 bridgehead atoms. The molecule has 0 aromatic heterocycles. The molecule has 0 saturated heterocycles. The van der Waals surface area contributed by atoms with Crippen LogP contribution in [0.1, 0.15) is 47.5 Å². The van der Waals surface area contributed by atoms with E-state index >= 15 is 0 Å². The smallest absolute Gasteiger partial charge is 0.405 e. The van der Waals surface area contributed by atoms with E-state index in [0.717, 1.165) is 39.2 Å². The maximum atomic E-state index is 6.01. The van der Waals surface area contributed by atoms with E-state index in [4.69, 9.17) is 34.2 Å². The molecule has 4 N–H and O–H groups in total. The molecule has 0 spiro atoms. The van der Waals surface area contributed by atoms with Gasteiger partial charge in [-0.3, -0.25) is 0 Å². The van der Waals surface area contributed by atoms with Crippen LogP contribution in [0.3, 0.4) is 0 Å². The monoisotopic (exact) mass is 466 g/mol. The summed E-state index contributed by atoms with van der Waals surface area (Å²) in [5, 5.41) is 0. The van der Waals surface area contributed by atoms with Crippen molar-refractivity contribution in [3.8, 4) is 0 Å². The maximum Gasteiger partial charge on any atom is 0.484 e. The standard InChI is InChI=1S/C14H33NO2Si.C7H17NO3Si/c1-6-16-11-12-18(4,5)13-14(3,17-7-2)9-8-10-15;1-3-9-12(10-4-2)11-7-5-6-8/h6-13,15H2,1-5H3;5-6,12H,3-4,7-8H2,1-2H3. The summed E-state index contributed by atoms with van der Waals surface area (Å²) in [6.45, 7) is 20.1. The highest BCUT2D eigenvalue weighted by Gasteiger charge is 2.33. The van der Waals surface area contributed by atoms with Gasteiger partial charge in [0.2, 0.25) is 0 Å². The van der Waals surface area contributed by atoms with Gasteiger partial charge in [-0.2, -0.15) is 0 Å². The number of rotatable bonds is 18. The van der Waals surface area contributed by atoms with Crippen molar-refractivity contribution < 1.29 is 22.8 Å². The van der Waals surface area contributed by atoms with E-state index in [2.05, 4.69) is 33.9 Å². The topological polar surface area (TPSA) is 98.2 Å². The fourth-order valence-corrected chi connectivity index (χ4v) is 7.51. The van der Waals surface area contributed by atoms with Gasteiger partial charge >= 0.3 is 9.53 Å². The summed E-state index contributed by atoms with van der Waals surface area (Å²) in [5.74, 6) is 0. The molecular weight excluding hydrogens is 416 g/mol. The fraction of sp³-hybridized carbons (Fsp3) is 0.905. The van der Waals surface area contributed by atoms with Crippen LogP contribution in [0.25, 0.3) is 0 Å². The van der Waals surface area contributed by atoms with Gasteiger partial charge in [0.15, 0.2) is 0 Å². The molecule has 0 aliphatic rings. The van der Waals surface area contributed by atoms with E-state index in [1.165, 1.54) is 18.3 Å². The van der Waals surface area contributed by atoms with Crippen molar-refractivity contribution in [2.75, 3.05) is 46.2 Å². The molecule has 182 valence electrons. The van der Waals surface area contributed by atoms with Crippen LogP contribution in [0.15, 0.2) is 12.3 Å². The SMILES string of the molecule is CCOCC[Si](C)(C)CC(C)(CCCN)OCC.CCO[SiH](OCC)OCC=CN. The van der Waals surface area contributed by atoms with Crippen LogP contribution in [0.2, 0.25) is 25.2 Å². The van der Waals surface area contributed by atoms with Gasteiger partial charge in [0.05, 0.1) is 20.3 Å². The second-order valence-electron chi connectivity index (χ2n) is 8.02. The molecule has 0 saturated carbocycles. The molecule has 0 radical (unpaired) electrons. The normalized spacial score (nSPS) is 14.0. The van der Waals surface area contributed by atoms with E-state index in [9.17, 15) is 0 Å². The van der Waals surface area contributed by atoms with Gasteiger partial charge in [-0.15, -0.1) is 0 Å². The lowest BCUT2D eigenvalue weighted by Gasteiger charge is -2.36. The summed E-state index contributed by atoms with van der Waals surface area (Å²) < 4.78 is 27.3. The zero-order valence-corrected chi connectivity index (χ0v) is 22.9. The van der Waals surface area contributed by atoms with Gasteiger partial charge in [0.1, 0.15) is 0 Å². The van der Waals surface area contributed by atoms with Crippen LogP contribution in [-0.2, 0) is 22.8 Å². The summed E-state index contributed by atoms with van der Waals surface area (Å²) in [4.78, 5) is 0. The Morgan fingerprint density at radius 3 is 2.07 bits per heavy atom. The zero-order chi connectivity index (χ0) is 23.3. The van der Waals surface area contributed by atoms with E-state index in [1.54, 1.807) is 6.08 Å². The Bertz CT molecular complexity index is 398. The van der Waals surface area contributed by atoms with Crippen LogP contribution in [-0.4, -0.2) is 69.4 Å². The number of nitrogens with two attached hydrogens (primary N) is 2. The van der Waals surface area contributed by atoms with Gasteiger partial charge in [0, 0.05) is 33.0 Å². The Morgan fingerprint density at radius 2 is 1.60 bits per heavy atom. The predicted molar refractivity (Wildman–Crippen MR) is 132 cm³/mol. The van der Waals surface area contributed by atoms with Gasteiger partial charge in [-0.25, -0.2) is 0 Å². The number of hydrogen-bond acceptors (Lipinski definition) is 7. The van der Waals surface area contributed by atoms with Crippen molar-refractivity contribution in [3.63, 3.8) is 0 Å². The summed E-state index contributed by atoms with van der Waals surface area (Å²) in [6.07, 6.45) is 5.29. The first-order valence-corrected chi connectivity index (χ1v) is 16.2. The molecule has 0 aliphatic carbocycles. The van der Waals surface area contributed by atoms with Crippen molar-refractivity contribution in [1.29, 1.82) is 0 Å². The third-order valence-corrected chi connectivity index (χ3v) is 9.39. The lowest BCUT2D eigenvalue weighted by atomic mass is 10.0. The van der Waals surface area contributed by atoms with Gasteiger partial charge in [0.25, 0.3) is 0 Å². The van der Waals surface area contributed by atoms with Crippen LogP contribution in [0, 0.1) is 0 Å². The van der Waals surface area contributed by atoms with Crippen molar-refractivity contribution in [2.45, 2.75) is 78.2 Å². The Labute approximate surface area is 188 Å². The van der Waals surface area contributed by atoms with Gasteiger partial charge < -0.3 is 34.2 Å². The molecule has 7 nitrogen and oxygen atoms in total. The van der Waals surface area contributed by atoms with Gasteiger partial charge in [-0.05, 0) is 78.4 Å². The molecule has 0 rings (SSSR count). The van der Waals surface area contributed by atoms with Crippen molar-refractivity contribution in [2.24, 2.45) is 11.5 Å². The van der Waals surface area contributed by atoms with E-state index in [-0.39, 0.29) is 5.60 Å². The molecular formula is C21H50N2O5Si2. The highest BCUT2D eigenvalue weighted by molar-refractivity contribution is 6.77. The molecule has 9 heteroatoms. The first-order valence-electron chi connectivity index (χ1n) is 11.4. The molecule has 0 amide bonds. The van der Waals surface area contributed by atoms with Crippen molar-refractivity contribution >= 4 is 17.6 Å². The average molecular weight is 467 g/mol. The fourth-order valence-electron chi connectivity index (χ4n) is 3.24. The third kappa shape index (κ3) is 19.7. The minimum atomic E-state index is -1.87. The molecule has 1 atom stereocenters. The molecule has 30 heavy (non-hydrogen) atoms. The maximum absolute atomic E-state index is 6.01. The Morgan fingerprint density at radius 1 is 0.967 bits per heavy atom. The summed E-state index contributed by atoms with van der Waals surface area (Å²) in [7, 11) is -3.13. The van der Waals surface area contributed by atoms with Crippen LogP contribution >= 0.6 is 0 Å². The molecule has 0 heterocycles. The van der Waals surface area contributed by atoms with E-state index < -0.39 is 17.6 Å². The minimum absolute atomic E-state index is 0.00998. The summed E-state index contributed by atoms with van der Waals surface area (Å²) >= 11 is 0. The molecule has 0 aromatic carbocycles. The molecule has 0 aromatic rings. The minimum Gasteiger partial charge on any atom is -0.405 e. The lowest BCUT2D eigenvalue weighted by molar-refractivity contribution is -0.0180. The number of hydrogen-bond donors (Lipinski definition) is 2. The summed E-state index contributed by atoms with van der Waals surface area (Å²) in [6, 6.07) is 2.41. The third-order valence-electron chi connectivity index (χ3n) is 4.45. The summed E-state index contributed by atoms with van der Waals surface area (Å²) in [5.41, 5.74) is 10.8. The lowest BCUT2D eigenvalue weighted by Crippen LogP contribution is -2.41. The first-order chi connectivity index (χ1) is 14.2. The highest BCUT2D eigenvalue weighted by atomic mass is 28.3. The predicted octanol–water partition coefficient (Wildman–Crippen LogP) is 3.53. The zero-order valence-electron chi connectivity index (χ0n) is 20.7. The largest absolute Gasteiger partial charge is 0.484 e. The van der Waals surface area contributed by atoms with Crippen molar-refractivity contribution in [1.82, 2.24) is 0 Å². The molecule has 0 fully saturated rings. The Balaban J connectivity index is 0. The quantitative estimate of drug-likeness (QED) is 0.235. The van der Waals surface area contributed by atoms with Crippen LogP contribution in [0.5, 0.6) is 0 Å².